The van der Waals surface area contributed by atoms with Crippen LogP contribution in [0.3, 0.4) is 0 Å². The number of hydrogen-bond donors (Lipinski definition) is 0. The van der Waals surface area contributed by atoms with Crippen LogP contribution in [0.25, 0.3) is 0 Å². The highest BCUT2D eigenvalue weighted by atomic mass is 14.7. The summed E-state index contributed by atoms with van der Waals surface area (Å²) in [6.07, 6.45) is 6.55. The highest BCUT2D eigenvalue weighted by Crippen LogP contribution is 2.36. The van der Waals surface area contributed by atoms with Gasteiger partial charge in [0.2, 0.25) is 0 Å². The molecule has 0 atom stereocenters. The van der Waals surface area contributed by atoms with E-state index in [1.165, 1.54) is 25.0 Å². The Morgan fingerprint density at radius 2 is 1.73 bits per heavy atom. The minimum Gasteiger partial charge on any atom is -0.293 e. The van der Waals surface area contributed by atoms with Gasteiger partial charge in [-0.15, -0.1) is 0 Å². The SMILES string of the molecule is C/N=C(\C=C(\C(C)C)C1CCC1)C(C)C. The predicted molar refractivity (Wildman–Crippen MR) is 68.5 cm³/mol. The van der Waals surface area contributed by atoms with Crippen molar-refractivity contribution in [3.05, 3.63) is 11.6 Å². The molecule has 1 saturated carbocycles. The first-order valence-corrected chi connectivity index (χ1v) is 6.24. The van der Waals surface area contributed by atoms with Crippen molar-refractivity contribution in [2.24, 2.45) is 22.7 Å². The molecule has 1 rings (SSSR count). The third-order valence-corrected chi connectivity index (χ3v) is 3.41. The van der Waals surface area contributed by atoms with Crippen LogP contribution in [0.5, 0.6) is 0 Å². The molecular weight excluding hydrogens is 182 g/mol. The minimum absolute atomic E-state index is 0.545. The maximum atomic E-state index is 4.39. The summed E-state index contributed by atoms with van der Waals surface area (Å²) in [6.45, 7) is 9.05. The topological polar surface area (TPSA) is 12.4 Å². The summed E-state index contributed by atoms with van der Waals surface area (Å²) < 4.78 is 0. The molecule has 0 spiro atoms. The smallest absolute Gasteiger partial charge is 0.0370 e. The van der Waals surface area contributed by atoms with Crippen molar-refractivity contribution >= 4 is 5.71 Å². The van der Waals surface area contributed by atoms with Crippen molar-refractivity contribution in [3.8, 4) is 0 Å². The zero-order chi connectivity index (χ0) is 11.4. The van der Waals surface area contributed by atoms with Gasteiger partial charge in [-0.3, -0.25) is 4.99 Å². The zero-order valence-corrected chi connectivity index (χ0v) is 10.9. The molecule has 1 nitrogen and oxygen atoms in total. The third kappa shape index (κ3) is 3.19. The van der Waals surface area contributed by atoms with Crippen molar-refractivity contribution in [1.82, 2.24) is 0 Å². The largest absolute Gasteiger partial charge is 0.293 e. The number of nitrogens with zero attached hydrogens (tertiary/aromatic N) is 1. The van der Waals surface area contributed by atoms with E-state index in [1.807, 2.05) is 7.05 Å². The molecule has 0 N–H and O–H groups in total. The maximum Gasteiger partial charge on any atom is 0.0370 e. The second-order valence-electron chi connectivity index (χ2n) is 5.23. The van der Waals surface area contributed by atoms with Gasteiger partial charge in [0.15, 0.2) is 0 Å². The molecule has 1 aliphatic carbocycles. The summed E-state index contributed by atoms with van der Waals surface area (Å²) in [7, 11) is 1.91. The van der Waals surface area contributed by atoms with Crippen LogP contribution in [0.4, 0.5) is 0 Å². The first-order valence-electron chi connectivity index (χ1n) is 6.24. The van der Waals surface area contributed by atoms with Gasteiger partial charge in [0, 0.05) is 12.8 Å². The molecule has 1 fully saturated rings. The molecule has 0 unspecified atom stereocenters. The van der Waals surface area contributed by atoms with Gasteiger partial charge in [-0.25, -0.2) is 0 Å². The standard InChI is InChI=1S/C14H25N/c1-10(2)13(12-7-6-8-12)9-14(15-5)11(3)4/h9-12H,6-8H2,1-5H3/b13-9-,15-14+. The number of hydrogen-bond acceptors (Lipinski definition) is 1. The van der Waals surface area contributed by atoms with Crippen molar-refractivity contribution in [2.75, 3.05) is 7.05 Å². The van der Waals surface area contributed by atoms with E-state index in [9.17, 15) is 0 Å². The molecule has 0 aliphatic heterocycles. The van der Waals surface area contributed by atoms with Crippen LogP contribution in [0, 0.1) is 17.8 Å². The quantitative estimate of drug-likeness (QED) is 0.616. The Hall–Kier alpha value is -0.590. The van der Waals surface area contributed by atoms with Crippen molar-refractivity contribution in [3.63, 3.8) is 0 Å². The molecule has 15 heavy (non-hydrogen) atoms. The average molecular weight is 207 g/mol. The fourth-order valence-corrected chi connectivity index (χ4v) is 2.16. The van der Waals surface area contributed by atoms with Gasteiger partial charge in [0.25, 0.3) is 0 Å². The Morgan fingerprint density at radius 3 is 2.00 bits per heavy atom. The van der Waals surface area contributed by atoms with Gasteiger partial charge in [-0.2, -0.15) is 0 Å². The normalized spacial score (nSPS) is 19.9. The fourth-order valence-electron chi connectivity index (χ4n) is 2.16. The molecule has 0 saturated heterocycles. The monoisotopic (exact) mass is 207 g/mol. The van der Waals surface area contributed by atoms with Crippen LogP contribution in [0.1, 0.15) is 47.0 Å². The molecule has 0 radical (unpaired) electrons. The van der Waals surface area contributed by atoms with Gasteiger partial charge >= 0.3 is 0 Å². The molecule has 1 heteroatoms. The van der Waals surface area contributed by atoms with E-state index in [1.54, 1.807) is 5.57 Å². The van der Waals surface area contributed by atoms with Crippen LogP contribution in [0.2, 0.25) is 0 Å². The first-order chi connectivity index (χ1) is 7.06. The van der Waals surface area contributed by atoms with Gasteiger partial charge in [-0.05, 0) is 36.7 Å². The van der Waals surface area contributed by atoms with Crippen molar-refractivity contribution in [2.45, 2.75) is 47.0 Å². The van der Waals surface area contributed by atoms with Gasteiger partial charge in [-0.1, -0.05) is 39.7 Å². The first kappa shape index (κ1) is 12.5. The van der Waals surface area contributed by atoms with Gasteiger partial charge in [0.1, 0.15) is 0 Å². The molecule has 0 bridgehead atoms. The highest BCUT2D eigenvalue weighted by Gasteiger charge is 2.24. The third-order valence-electron chi connectivity index (χ3n) is 3.41. The molecule has 0 heterocycles. The second-order valence-corrected chi connectivity index (χ2v) is 5.23. The van der Waals surface area contributed by atoms with E-state index < -0.39 is 0 Å². The lowest BCUT2D eigenvalue weighted by atomic mass is 9.75. The Morgan fingerprint density at radius 1 is 1.13 bits per heavy atom. The summed E-state index contributed by atoms with van der Waals surface area (Å²) in [5.74, 6) is 2.06. The summed E-state index contributed by atoms with van der Waals surface area (Å²) in [4.78, 5) is 4.39. The van der Waals surface area contributed by atoms with E-state index in [0.717, 1.165) is 5.92 Å². The average Bonchev–Trinajstić information content (AvgIpc) is 2.07. The highest BCUT2D eigenvalue weighted by molar-refractivity contribution is 5.97. The van der Waals surface area contributed by atoms with Crippen molar-refractivity contribution < 1.29 is 0 Å². The van der Waals surface area contributed by atoms with E-state index in [4.69, 9.17) is 0 Å². The summed E-state index contributed by atoms with van der Waals surface area (Å²) >= 11 is 0. The minimum atomic E-state index is 0.545. The summed E-state index contributed by atoms with van der Waals surface area (Å²) in [5, 5.41) is 0. The summed E-state index contributed by atoms with van der Waals surface area (Å²) in [5.41, 5.74) is 2.88. The molecular formula is C14H25N. The van der Waals surface area contributed by atoms with E-state index in [0.29, 0.717) is 11.8 Å². The maximum absolute atomic E-state index is 4.39. The molecule has 86 valence electrons. The zero-order valence-electron chi connectivity index (χ0n) is 10.9. The lowest BCUT2D eigenvalue weighted by molar-refractivity contribution is 0.345. The van der Waals surface area contributed by atoms with Crippen LogP contribution in [0.15, 0.2) is 16.6 Å². The van der Waals surface area contributed by atoms with Crippen LogP contribution in [-0.4, -0.2) is 12.8 Å². The summed E-state index contributed by atoms with van der Waals surface area (Å²) in [6, 6.07) is 0. The van der Waals surface area contributed by atoms with Crippen LogP contribution in [-0.2, 0) is 0 Å². The van der Waals surface area contributed by atoms with Crippen LogP contribution < -0.4 is 0 Å². The fraction of sp³-hybridized carbons (Fsp3) is 0.786. The van der Waals surface area contributed by atoms with E-state index in [-0.39, 0.29) is 0 Å². The Bertz CT molecular complexity index is 255. The lowest BCUT2D eigenvalue weighted by Crippen LogP contribution is -2.19. The molecule has 0 amide bonds. The number of aliphatic imine (C=N–C) groups is 1. The van der Waals surface area contributed by atoms with E-state index >= 15 is 0 Å². The van der Waals surface area contributed by atoms with E-state index in [2.05, 4.69) is 38.8 Å². The lowest BCUT2D eigenvalue weighted by Gasteiger charge is -2.31. The second kappa shape index (κ2) is 5.48. The Balaban J connectivity index is 2.82. The molecule has 0 aromatic carbocycles. The molecule has 1 aliphatic rings. The van der Waals surface area contributed by atoms with Crippen molar-refractivity contribution in [1.29, 1.82) is 0 Å². The number of rotatable bonds is 4. The van der Waals surface area contributed by atoms with Gasteiger partial charge < -0.3 is 0 Å². The molecule has 0 aromatic heterocycles. The Kier molecular flexibility index (Phi) is 4.56. The number of allylic oxidation sites excluding steroid dienone is 2. The van der Waals surface area contributed by atoms with Crippen LogP contribution >= 0.6 is 0 Å². The van der Waals surface area contributed by atoms with Gasteiger partial charge in [0.05, 0.1) is 0 Å². The Labute approximate surface area is 94.7 Å². The molecule has 0 aromatic rings. The predicted octanol–water partition coefficient (Wildman–Crippen LogP) is 4.10.